The van der Waals surface area contributed by atoms with Crippen molar-refractivity contribution in [1.29, 1.82) is 0 Å². The predicted octanol–water partition coefficient (Wildman–Crippen LogP) is 3.08. The monoisotopic (exact) mass is 395 g/mol. The lowest BCUT2D eigenvalue weighted by atomic mass is 10.1. The number of rotatable bonds is 4. The third-order valence-corrected chi connectivity index (χ3v) is 6.64. The van der Waals surface area contributed by atoms with Gasteiger partial charge >= 0.3 is 0 Å². The zero-order valence-corrected chi connectivity index (χ0v) is 16.2. The number of ether oxygens (including phenoxy) is 2. The van der Waals surface area contributed by atoms with E-state index in [9.17, 15) is 4.79 Å². The number of thiazole rings is 1. The van der Waals surface area contributed by atoms with Crippen molar-refractivity contribution in [1.82, 2.24) is 10.3 Å². The Morgan fingerprint density at radius 2 is 2.19 bits per heavy atom. The second-order valence-electron chi connectivity index (χ2n) is 6.75. The Morgan fingerprint density at radius 3 is 2.96 bits per heavy atom. The minimum atomic E-state index is 0.00206. The molecule has 140 valence electrons. The highest BCUT2D eigenvalue weighted by atomic mass is 35.5. The molecule has 2 fully saturated rings. The minimum Gasteiger partial charge on any atom is -0.494 e. The van der Waals surface area contributed by atoms with E-state index >= 15 is 0 Å². The number of anilines is 1. The lowest BCUT2D eigenvalue weighted by Crippen LogP contribution is -2.42. The van der Waals surface area contributed by atoms with Crippen molar-refractivity contribution in [2.75, 3.05) is 38.3 Å². The van der Waals surface area contributed by atoms with E-state index in [1.165, 1.54) is 0 Å². The molecule has 2 saturated heterocycles. The Kier molecular flexibility index (Phi) is 5.20. The average molecular weight is 396 g/mol. The van der Waals surface area contributed by atoms with Crippen LogP contribution >= 0.6 is 22.9 Å². The molecule has 26 heavy (non-hydrogen) atoms. The molecule has 1 aromatic heterocycles. The van der Waals surface area contributed by atoms with E-state index in [4.69, 9.17) is 26.1 Å². The molecule has 2 aromatic rings. The maximum atomic E-state index is 12.6. The van der Waals surface area contributed by atoms with Crippen molar-refractivity contribution in [2.45, 2.75) is 25.3 Å². The molecule has 0 aliphatic carbocycles. The van der Waals surface area contributed by atoms with Crippen molar-refractivity contribution in [3.8, 4) is 5.75 Å². The highest BCUT2D eigenvalue weighted by Gasteiger charge is 2.31. The van der Waals surface area contributed by atoms with Crippen LogP contribution in [0.2, 0.25) is 5.02 Å². The van der Waals surface area contributed by atoms with Crippen LogP contribution in [0, 0.1) is 5.92 Å². The SMILES string of the molecule is COc1ccc(Cl)c2sc(N3CCC(C(=O)NC4CCOCC4)C3)nc12. The lowest BCUT2D eigenvalue weighted by Gasteiger charge is -2.24. The van der Waals surface area contributed by atoms with Gasteiger partial charge in [0.1, 0.15) is 11.3 Å². The van der Waals surface area contributed by atoms with E-state index in [0.29, 0.717) is 11.6 Å². The molecule has 0 bridgehead atoms. The number of halogens is 1. The number of fused-ring (bicyclic) bond motifs is 1. The van der Waals surface area contributed by atoms with Crippen LogP contribution in [0.5, 0.6) is 5.75 Å². The zero-order valence-electron chi connectivity index (χ0n) is 14.7. The molecule has 8 heteroatoms. The summed E-state index contributed by atoms with van der Waals surface area (Å²) >= 11 is 7.87. The molecule has 1 atom stereocenters. The summed E-state index contributed by atoms with van der Waals surface area (Å²) in [5.41, 5.74) is 0.787. The van der Waals surface area contributed by atoms with Crippen LogP contribution in [0.1, 0.15) is 19.3 Å². The first-order valence-corrected chi connectivity index (χ1v) is 10.1. The van der Waals surface area contributed by atoms with E-state index < -0.39 is 0 Å². The fraction of sp³-hybridized carbons (Fsp3) is 0.556. The fourth-order valence-corrected chi connectivity index (χ4v) is 4.84. The first-order chi connectivity index (χ1) is 12.7. The van der Waals surface area contributed by atoms with Crippen LogP contribution in [0.3, 0.4) is 0 Å². The summed E-state index contributed by atoms with van der Waals surface area (Å²) in [5, 5.41) is 4.76. The smallest absolute Gasteiger partial charge is 0.225 e. The van der Waals surface area contributed by atoms with Gasteiger partial charge in [-0.3, -0.25) is 4.79 Å². The molecular weight excluding hydrogens is 374 g/mol. The Balaban J connectivity index is 1.45. The Morgan fingerprint density at radius 1 is 1.38 bits per heavy atom. The van der Waals surface area contributed by atoms with E-state index in [1.54, 1.807) is 18.4 Å². The van der Waals surface area contributed by atoms with Gasteiger partial charge in [0.25, 0.3) is 0 Å². The molecule has 4 rings (SSSR count). The molecule has 1 unspecified atom stereocenters. The zero-order chi connectivity index (χ0) is 18.1. The van der Waals surface area contributed by atoms with Gasteiger partial charge in [0.2, 0.25) is 5.91 Å². The fourth-order valence-electron chi connectivity index (χ4n) is 3.55. The largest absolute Gasteiger partial charge is 0.494 e. The van der Waals surface area contributed by atoms with Crippen molar-refractivity contribution >= 4 is 44.2 Å². The van der Waals surface area contributed by atoms with Gasteiger partial charge in [-0.15, -0.1) is 0 Å². The van der Waals surface area contributed by atoms with Gasteiger partial charge in [0.05, 0.1) is 22.8 Å². The van der Waals surface area contributed by atoms with Gasteiger partial charge in [-0.05, 0) is 31.4 Å². The minimum absolute atomic E-state index is 0.00206. The second-order valence-corrected chi connectivity index (χ2v) is 8.14. The maximum absolute atomic E-state index is 12.6. The third kappa shape index (κ3) is 3.48. The molecule has 1 aromatic carbocycles. The van der Waals surface area contributed by atoms with Crippen molar-refractivity contribution in [2.24, 2.45) is 5.92 Å². The Bertz CT molecular complexity index is 806. The van der Waals surface area contributed by atoms with Gasteiger partial charge in [0.15, 0.2) is 5.13 Å². The predicted molar refractivity (Wildman–Crippen MR) is 103 cm³/mol. The normalized spacial score (nSPS) is 21.3. The number of amides is 1. The van der Waals surface area contributed by atoms with Crippen molar-refractivity contribution < 1.29 is 14.3 Å². The summed E-state index contributed by atoms with van der Waals surface area (Å²) in [5.74, 6) is 0.873. The summed E-state index contributed by atoms with van der Waals surface area (Å²) in [6.07, 6.45) is 2.65. The Labute approximate surface area is 161 Å². The maximum Gasteiger partial charge on any atom is 0.225 e. The number of nitrogens with zero attached hydrogens (tertiary/aromatic N) is 2. The molecule has 1 amide bonds. The highest BCUT2D eigenvalue weighted by molar-refractivity contribution is 7.22. The molecule has 1 N–H and O–H groups in total. The van der Waals surface area contributed by atoms with Crippen LogP contribution in [-0.2, 0) is 9.53 Å². The number of benzene rings is 1. The number of nitrogens with one attached hydrogen (secondary N) is 1. The summed E-state index contributed by atoms with van der Waals surface area (Å²) < 4.78 is 11.7. The van der Waals surface area contributed by atoms with Crippen LogP contribution in [0.4, 0.5) is 5.13 Å². The van der Waals surface area contributed by atoms with Crippen LogP contribution < -0.4 is 15.0 Å². The first-order valence-electron chi connectivity index (χ1n) is 8.92. The summed E-state index contributed by atoms with van der Waals surface area (Å²) in [6, 6.07) is 3.91. The first kappa shape index (κ1) is 17.8. The quantitative estimate of drug-likeness (QED) is 0.861. The topological polar surface area (TPSA) is 63.7 Å². The molecule has 6 nitrogen and oxygen atoms in total. The number of carbonyl (C=O) groups excluding carboxylic acids is 1. The van der Waals surface area contributed by atoms with E-state index in [1.807, 2.05) is 12.1 Å². The third-order valence-electron chi connectivity index (χ3n) is 5.06. The second kappa shape index (κ2) is 7.58. The van der Waals surface area contributed by atoms with Crippen LogP contribution in [-0.4, -0.2) is 50.3 Å². The van der Waals surface area contributed by atoms with Gasteiger partial charge in [-0.25, -0.2) is 4.98 Å². The van der Waals surface area contributed by atoms with Gasteiger partial charge < -0.3 is 19.7 Å². The summed E-state index contributed by atoms with van der Waals surface area (Å²) in [7, 11) is 1.63. The van der Waals surface area contributed by atoms with Gasteiger partial charge in [0, 0.05) is 32.3 Å². The molecule has 0 radical (unpaired) electrons. The number of hydrogen-bond donors (Lipinski definition) is 1. The number of hydrogen-bond acceptors (Lipinski definition) is 6. The molecule has 2 aliphatic heterocycles. The molecule has 0 spiro atoms. The molecular formula is C18H22ClN3O3S. The Hall–Kier alpha value is -1.57. The number of methoxy groups -OCH3 is 1. The summed E-state index contributed by atoms with van der Waals surface area (Å²) in [6.45, 7) is 2.98. The summed E-state index contributed by atoms with van der Waals surface area (Å²) in [4.78, 5) is 19.5. The average Bonchev–Trinajstić information content (AvgIpc) is 3.31. The van der Waals surface area contributed by atoms with Crippen molar-refractivity contribution in [3.63, 3.8) is 0 Å². The molecule has 3 heterocycles. The van der Waals surface area contributed by atoms with Gasteiger partial charge in [-0.2, -0.15) is 0 Å². The number of aromatic nitrogens is 1. The van der Waals surface area contributed by atoms with Crippen molar-refractivity contribution in [3.05, 3.63) is 17.2 Å². The molecule has 2 aliphatic rings. The number of carbonyl (C=O) groups is 1. The van der Waals surface area contributed by atoms with E-state index in [0.717, 1.165) is 60.1 Å². The van der Waals surface area contributed by atoms with Gasteiger partial charge in [-0.1, -0.05) is 22.9 Å². The van der Waals surface area contributed by atoms with Crippen LogP contribution in [0.15, 0.2) is 12.1 Å². The lowest BCUT2D eigenvalue weighted by molar-refractivity contribution is -0.125. The highest BCUT2D eigenvalue weighted by Crippen LogP contribution is 2.39. The van der Waals surface area contributed by atoms with E-state index in [-0.39, 0.29) is 17.9 Å². The molecule has 0 saturated carbocycles. The van der Waals surface area contributed by atoms with E-state index in [2.05, 4.69) is 10.2 Å². The van der Waals surface area contributed by atoms with Crippen LogP contribution in [0.25, 0.3) is 10.2 Å². The standard InChI is InChI=1S/C18H22ClN3O3S/c1-24-14-3-2-13(19)16-15(14)21-18(26-16)22-7-4-11(10-22)17(23)20-12-5-8-25-9-6-12/h2-3,11-12H,4-10H2,1H3,(H,20,23).